The molecule has 0 radical (unpaired) electrons. The largest absolute Gasteiger partial charge is 0.480 e. The van der Waals surface area contributed by atoms with Crippen molar-refractivity contribution in [2.24, 2.45) is 0 Å². The second-order valence-electron chi connectivity index (χ2n) is 4.94. The summed E-state index contributed by atoms with van der Waals surface area (Å²) in [5.74, 6) is -0.803. The maximum Gasteiger partial charge on any atom is 0.323 e. The second kappa shape index (κ2) is 6.01. The van der Waals surface area contributed by atoms with Crippen LogP contribution in [0.5, 0.6) is 0 Å². The molecule has 0 amide bonds. The van der Waals surface area contributed by atoms with Gasteiger partial charge in [0.05, 0.1) is 11.2 Å². The Labute approximate surface area is 118 Å². The summed E-state index contributed by atoms with van der Waals surface area (Å²) in [4.78, 5) is 16.0. The highest BCUT2D eigenvalue weighted by Gasteiger charge is 2.34. The Morgan fingerprint density at radius 3 is 2.55 bits per heavy atom. The number of fused-ring (bicyclic) bond motifs is 1. The lowest BCUT2D eigenvalue weighted by Gasteiger charge is -2.28. The minimum atomic E-state index is -0.868. The molecule has 2 N–H and O–H groups in total. The number of carboxylic acid groups (broad SMARTS) is 1. The van der Waals surface area contributed by atoms with E-state index in [9.17, 15) is 9.90 Å². The zero-order valence-electron chi connectivity index (χ0n) is 11.9. The van der Waals surface area contributed by atoms with Crippen LogP contribution in [-0.2, 0) is 11.3 Å². The monoisotopic (exact) mass is 272 g/mol. The second-order valence-corrected chi connectivity index (χ2v) is 4.94. The van der Waals surface area contributed by atoms with Crippen LogP contribution >= 0.6 is 0 Å². The number of hydrogen-bond acceptors (Lipinski definition) is 3. The lowest BCUT2D eigenvalue weighted by atomic mass is 9.93. The third-order valence-corrected chi connectivity index (χ3v) is 3.88. The number of hydrogen-bond donors (Lipinski definition) is 2. The van der Waals surface area contributed by atoms with Crippen LogP contribution in [0.4, 0.5) is 0 Å². The lowest BCUT2D eigenvalue weighted by Crippen LogP contribution is -2.50. The average molecular weight is 272 g/mol. The van der Waals surface area contributed by atoms with Gasteiger partial charge in [-0.15, -0.1) is 0 Å². The van der Waals surface area contributed by atoms with Crippen LogP contribution in [0, 0.1) is 0 Å². The first-order chi connectivity index (χ1) is 9.61. The summed E-state index contributed by atoms with van der Waals surface area (Å²) in [6.45, 7) is 4.23. The van der Waals surface area contributed by atoms with Gasteiger partial charge in [0.1, 0.15) is 5.54 Å². The first-order valence-electron chi connectivity index (χ1n) is 6.94. The fraction of sp³-hybridized carbons (Fsp3) is 0.375. The normalized spacial score (nSPS) is 11.7. The average Bonchev–Trinajstić information content (AvgIpc) is 2.48. The first kappa shape index (κ1) is 14.5. The third-order valence-electron chi connectivity index (χ3n) is 3.88. The molecule has 4 heteroatoms. The number of pyridine rings is 1. The number of aromatic nitrogens is 1. The molecule has 0 atom stereocenters. The first-order valence-corrected chi connectivity index (χ1v) is 6.94. The number of carbonyl (C=O) groups is 1. The standard InChI is InChI=1S/C16H20N2O2/c1-3-16(4-2,15(19)20)17-11-13-10-9-12-7-5-6-8-14(12)18-13/h5-10,17H,3-4,11H2,1-2H3,(H,19,20). The highest BCUT2D eigenvalue weighted by atomic mass is 16.4. The van der Waals surface area contributed by atoms with Crippen LogP contribution in [0.25, 0.3) is 10.9 Å². The van der Waals surface area contributed by atoms with Gasteiger partial charge in [-0.25, -0.2) is 0 Å². The molecule has 1 aromatic heterocycles. The molecule has 0 bridgehead atoms. The quantitative estimate of drug-likeness (QED) is 0.848. The molecule has 1 heterocycles. The molecule has 106 valence electrons. The number of nitrogens with one attached hydrogen (secondary N) is 1. The summed E-state index contributed by atoms with van der Waals surface area (Å²) in [7, 11) is 0. The molecule has 0 aliphatic carbocycles. The Balaban J connectivity index is 2.17. The zero-order valence-corrected chi connectivity index (χ0v) is 11.9. The fourth-order valence-electron chi connectivity index (χ4n) is 2.34. The van der Waals surface area contributed by atoms with Crippen molar-refractivity contribution in [1.82, 2.24) is 10.3 Å². The summed E-state index contributed by atoms with van der Waals surface area (Å²) in [6, 6.07) is 11.9. The van der Waals surface area contributed by atoms with Crippen LogP contribution < -0.4 is 5.32 Å². The number of benzene rings is 1. The summed E-state index contributed by atoms with van der Waals surface area (Å²) in [6.07, 6.45) is 1.10. The van der Waals surface area contributed by atoms with Crippen LogP contribution in [-0.4, -0.2) is 21.6 Å². The van der Waals surface area contributed by atoms with E-state index in [1.54, 1.807) is 0 Å². The molecule has 0 spiro atoms. The molecular formula is C16H20N2O2. The predicted octanol–water partition coefficient (Wildman–Crippen LogP) is 2.97. The molecule has 4 nitrogen and oxygen atoms in total. The minimum Gasteiger partial charge on any atom is -0.480 e. The highest BCUT2D eigenvalue weighted by Crippen LogP contribution is 2.17. The van der Waals surface area contributed by atoms with E-state index in [2.05, 4.69) is 10.3 Å². The van der Waals surface area contributed by atoms with E-state index in [-0.39, 0.29) is 0 Å². The van der Waals surface area contributed by atoms with Crippen molar-refractivity contribution in [2.75, 3.05) is 0 Å². The van der Waals surface area contributed by atoms with Gasteiger partial charge >= 0.3 is 5.97 Å². The van der Waals surface area contributed by atoms with Gasteiger partial charge in [-0.3, -0.25) is 15.1 Å². The Hall–Kier alpha value is -1.94. The Kier molecular flexibility index (Phi) is 4.35. The Bertz CT molecular complexity index is 606. The van der Waals surface area contributed by atoms with Crippen LogP contribution in [0.15, 0.2) is 36.4 Å². The third kappa shape index (κ3) is 2.80. The van der Waals surface area contributed by atoms with Gasteiger partial charge in [0.2, 0.25) is 0 Å². The minimum absolute atomic E-state index is 0.457. The molecule has 0 fully saturated rings. The molecule has 0 aliphatic heterocycles. The summed E-state index contributed by atoms with van der Waals surface area (Å²) < 4.78 is 0. The summed E-state index contributed by atoms with van der Waals surface area (Å²) in [5, 5.41) is 13.6. The van der Waals surface area contributed by atoms with Gasteiger partial charge in [0.25, 0.3) is 0 Å². The molecule has 0 unspecified atom stereocenters. The van der Waals surface area contributed by atoms with Crippen molar-refractivity contribution in [3.63, 3.8) is 0 Å². The van der Waals surface area contributed by atoms with E-state index < -0.39 is 11.5 Å². The van der Waals surface area contributed by atoms with Crippen molar-refractivity contribution in [3.8, 4) is 0 Å². The van der Waals surface area contributed by atoms with Crippen molar-refractivity contribution in [1.29, 1.82) is 0 Å². The molecule has 0 saturated carbocycles. The van der Waals surface area contributed by atoms with E-state index >= 15 is 0 Å². The topological polar surface area (TPSA) is 62.2 Å². The van der Waals surface area contributed by atoms with Gasteiger partial charge in [0, 0.05) is 11.9 Å². The Morgan fingerprint density at radius 2 is 1.90 bits per heavy atom. The van der Waals surface area contributed by atoms with Crippen molar-refractivity contribution in [3.05, 3.63) is 42.1 Å². The number of carboxylic acids is 1. The molecule has 1 aromatic carbocycles. The maximum atomic E-state index is 11.4. The lowest BCUT2D eigenvalue weighted by molar-refractivity contribution is -0.145. The van der Waals surface area contributed by atoms with E-state index in [1.165, 1.54) is 0 Å². The van der Waals surface area contributed by atoms with Crippen LogP contribution in [0.1, 0.15) is 32.4 Å². The SMILES string of the molecule is CCC(CC)(NCc1ccc2ccccc2n1)C(=O)O. The van der Waals surface area contributed by atoms with Crippen molar-refractivity contribution < 1.29 is 9.90 Å². The number of nitrogens with zero attached hydrogens (tertiary/aromatic N) is 1. The van der Waals surface area contributed by atoms with Gasteiger partial charge in [-0.2, -0.15) is 0 Å². The number of aliphatic carboxylic acids is 1. The number of para-hydroxylation sites is 1. The zero-order chi connectivity index (χ0) is 14.6. The van der Waals surface area contributed by atoms with Gasteiger partial charge < -0.3 is 5.11 Å². The van der Waals surface area contributed by atoms with Gasteiger partial charge in [0.15, 0.2) is 0 Å². The van der Waals surface area contributed by atoms with Gasteiger partial charge in [-0.05, 0) is 25.0 Å². The molecule has 20 heavy (non-hydrogen) atoms. The predicted molar refractivity (Wildman–Crippen MR) is 79.5 cm³/mol. The van der Waals surface area contributed by atoms with Gasteiger partial charge in [-0.1, -0.05) is 38.1 Å². The molecule has 0 saturated heterocycles. The summed E-state index contributed by atoms with van der Waals surface area (Å²) in [5.41, 5.74) is 0.921. The van der Waals surface area contributed by atoms with E-state index in [0.717, 1.165) is 16.6 Å². The van der Waals surface area contributed by atoms with E-state index in [0.29, 0.717) is 19.4 Å². The van der Waals surface area contributed by atoms with E-state index in [1.807, 2.05) is 50.2 Å². The maximum absolute atomic E-state index is 11.4. The fourth-order valence-corrected chi connectivity index (χ4v) is 2.34. The molecule has 2 rings (SSSR count). The van der Waals surface area contributed by atoms with Crippen molar-refractivity contribution >= 4 is 16.9 Å². The molecular weight excluding hydrogens is 252 g/mol. The summed E-state index contributed by atoms with van der Waals surface area (Å²) >= 11 is 0. The molecule has 2 aromatic rings. The van der Waals surface area contributed by atoms with Crippen LogP contribution in [0.2, 0.25) is 0 Å². The number of rotatable bonds is 6. The van der Waals surface area contributed by atoms with E-state index in [4.69, 9.17) is 0 Å². The molecule has 0 aliphatic rings. The highest BCUT2D eigenvalue weighted by molar-refractivity contribution is 5.79. The Morgan fingerprint density at radius 1 is 1.20 bits per heavy atom. The van der Waals surface area contributed by atoms with Crippen molar-refractivity contribution in [2.45, 2.75) is 38.8 Å². The van der Waals surface area contributed by atoms with Crippen LogP contribution in [0.3, 0.4) is 0 Å². The smallest absolute Gasteiger partial charge is 0.323 e.